The maximum absolute atomic E-state index is 12.5. The molecule has 1 aliphatic carbocycles. The molecule has 0 unspecified atom stereocenters. The number of rotatable bonds is 6. The van der Waals surface area contributed by atoms with E-state index in [1.54, 1.807) is 13.8 Å². The zero-order valence-electron chi connectivity index (χ0n) is 15.1. The van der Waals surface area contributed by atoms with Crippen LogP contribution in [0.4, 0.5) is 0 Å². The van der Waals surface area contributed by atoms with Crippen LogP contribution in [0.25, 0.3) is 0 Å². The molecule has 25 heavy (non-hydrogen) atoms. The first-order chi connectivity index (χ1) is 11.7. The van der Waals surface area contributed by atoms with Crippen LogP contribution < -0.4 is 4.72 Å². The summed E-state index contributed by atoms with van der Waals surface area (Å²) in [7, 11) is 2.30. The zero-order chi connectivity index (χ0) is 18.4. The normalized spacial score (nSPS) is 20.9. The van der Waals surface area contributed by atoms with Crippen LogP contribution in [0.2, 0.25) is 0 Å². The molecule has 0 radical (unpaired) electrons. The van der Waals surface area contributed by atoms with Crippen molar-refractivity contribution in [2.45, 2.75) is 50.1 Å². The van der Waals surface area contributed by atoms with E-state index in [1.165, 1.54) is 0 Å². The Balaban J connectivity index is 1.65. The monoisotopic (exact) mass is 368 g/mol. The van der Waals surface area contributed by atoms with Gasteiger partial charge in [-0.05, 0) is 40.8 Å². The first-order valence-electron chi connectivity index (χ1n) is 8.17. The summed E-state index contributed by atoms with van der Waals surface area (Å²) in [5.74, 6) is 2.33. The predicted octanol–water partition coefficient (Wildman–Crippen LogP) is 0.706. The molecule has 0 aliphatic heterocycles. The summed E-state index contributed by atoms with van der Waals surface area (Å²) < 4.78 is 34.8. The molecule has 0 atom stereocenters. The van der Waals surface area contributed by atoms with E-state index in [2.05, 4.69) is 20.1 Å². The second-order valence-electron chi connectivity index (χ2n) is 6.91. The Kier molecular flexibility index (Phi) is 4.69. The van der Waals surface area contributed by atoms with Gasteiger partial charge in [-0.25, -0.2) is 13.1 Å². The highest BCUT2D eigenvalue weighted by Crippen LogP contribution is 2.37. The highest BCUT2D eigenvalue weighted by Gasteiger charge is 2.37. The van der Waals surface area contributed by atoms with E-state index in [9.17, 15) is 8.42 Å². The molecule has 0 amide bonds. The van der Waals surface area contributed by atoms with Gasteiger partial charge in [-0.15, -0.1) is 10.2 Å². The van der Waals surface area contributed by atoms with Crippen molar-refractivity contribution in [3.63, 3.8) is 0 Å². The Morgan fingerprint density at radius 1 is 1.28 bits per heavy atom. The molecule has 2 heterocycles. The number of nitrogens with one attached hydrogen (secondary N) is 1. The van der Waals surface area contributed by atoms with Crippen LogP contribution >= 0.6 is 0 Å². The van der Waals surface area contributed by atoms with Crippen molar-refractivity contribution in [1.82, 2.24) is 29.5 Å². The van der Waals surface area contributed by atoms with Gasteiger partial charge in [0.05, 0.1) is 6.54 Å². The largest absolute Gasteiger partial charge is 0.360 e. The highest BCUT2D eigenvalue weighted by atomic mass is 32.2. The molecular weight excluding hydrogens is 344 g/mol. The van der Waals surface area contributed by atoms with E-state index < -0.39 is 10.0 Å². The molecule has 0 bridgehead atoms. The summed E-state index contributed by atoms with van der Waals surface area (Å²) in [6.07, 6.45) is 1.41. The number of nitrogens with zero attached hydrogens (tertiary/aromatic N) is 5. The number of hydrogen-bond donors (Lipinski definition) is 1. The van der Waals surface area contributed by atoms with Gasteiger partial charge in [-0.3, -0.25) is 0 Å². The lowest BCUT2D eigenvalue weighted by Gasteiger charge is -2.34. The smallest absolute Gasteiger partial charge is 0.246 e. The van der Waals surface area contributed by atoms with E-state index in [0.29, 0.717) is 24.3 Å². The second kappa shape index (κ2) is 6.50. The lowest BCUT2D eigenvalue weighted by Crippen LogP contribution is -2.44. The zero-order valence-corrected chi connectivity index (χ0v) is 16.0. The quantitative estimate of drug-likeness (QED) is 0.800. The van der Waals surface area contributed by atoms with E-state index in [0.717, 1.165) is 18.2 Å². The number of aryl methyl sites for hydroxylation is 2. The minimum Gasteiger partial charge on any atom is -0.360 e. The maximum Gasteiger partial charge on any atom is 0.246 e. The minimum atomic E-state index is -3.62. The van der Waals surface area contributed by atoms with Crippen molar-refractivity contribution < 1.29 is 12.9 Å². The van der Waals surface area contributed by atoms with Gasteiger partial charge in [-0.1, -0.05) is 5.16 Å². The lowest BCUT2D eigenvalue weighted by atomic mass is 9.80. The maximum atomic E-state index is 12.5. The second-order valence-corrected chi connectivity index (χ2v) is 8.56. The van der Waals surface area contributed by atoms with Gasteiger partial charge in [0.15, 0.2) is 5.76 Å². The molecular formula is C15H24N6O3S. The van der Waals surface area contributed by atoms with Crippen molar-refractivity contribution in [3.8, 4) is 0 Å². The Morgan fingerprint density at radius 2 is 1.96 bits per heavy atom. The van der Waals surface area contributed by atoms with Crippen LogP contribution in [-0.2, 0) is 23.6 Å². The van der Waals surface area contributed by atoms with Crippen LogP contribution in [-0.4, -0.2) is 53.4 Å². The summed E-state index contributed by atoms with van der Waals surface area (Å²) in [6.45, 7) is 3.95. The molecule has 9 nitrogen and oxygen atoms in total. The Hall–Kier alpha value is -1.78. The molecule has 2 aromatic rings. The minimum absolute atomic E-state index is 0.113. The van der Waals surface area contributed by atoms with Gasteiger partial charge in [0.2, 0.25) is 10.0 Å². The van der Waals surface area contributed by atoms with E-state index >= 15 is 0 Å². The molecule has 0 aromatic carbocycles. The van der Waals surface area contributed by atoms with Crippen molar-refractivity contribution in [2.24, 2.45) is 7.05 Å². The standard InChI is InChI=1S/C15H24N6O3S/c1-9-14(10(2)24-18-9)25(22,23)19-12-6-11(7-12)15-17-16-13(21(15)5)8-20(3)4/h11-12,19H,6-8H2,1-5H3. The SMILES string of the molecule is Cc1noc(C)c1S(=O)(=O)NC1CC(c2nnc(CN(C)C)n2C)C1. The van der Waals surface area contributed by atoms with Crippen molar-refractivity contribution in [2.75, 3.05) is 14.1 Å². The number of hydrogen-bond acceptors (Lipinski definition) is 7. The molecule has 1 saturated carbocycles. The first kappa shape index (κ1) is 18.0. The summed E-state index contributed by atoms with van der Waals surface area (Å²) in [6, 6.07) is -0.113. The van der Waals surface area contributed by atoms with E-state index in [-0.39, 0.29) is 16.9 Å². The fourth-order valence-electron chi connectivity index (χ4n) is 3.21. The number of aromatic nitrogens is 4. The van der Waals surface area contributed by atoms with Gasteiger partial charge >= 0.3 is 0 Å². The molecule has 1 aliphatic rings. The molecule has 0 spiro atoms. The molecule has 2 aromatic heterocycles. The summed E-state index contributed by atoms with van der Waals surface area (Å²) in [5, 5.41) is 12.2. The van der Waals surface area contributed by atoms with Crippen LogP contribution in [0.1, 0.15) is 41.9 Å². The Labute approximate surface area is 147 Å². The summed E-state index contributed by atoms with van der Waals surface area (Å²) >= 11 is 0. The van der Waals surface area contributed by atoms with Crippen molar-refractivity contribution in [1.29, 1.82) is 0 Å². The summed E-state index contributed by atoms with van der Waals surface area (Å²) in [5.41, 5.74) is 0.377. The van der Waals surface area contributed by atoms with E-state index in [4.69, 9.17) is 4.52 Å². The fourth-order valence-corrected chi connectivity index (χ4v) is 4.80. The fraction of sp³-hybridized carbons (Fsp3) is 0.667. The third-order valence-electron chi connectivity index (χ3n) is 4.52. The predicted molar refractivity (Wildman–Crippen MR) is 90.5 cm³/mol. The van der Waals surface area contributed by atoms with Gasteiger partial charge in [0.1, 0.15) is 22.2 Å². The summed E-state index contributed by atoms with van der Waals surface area (Å²) in [4.78, 5) is 2.18. The Bertz CT molecular complexity index is 844. The van der Waals surface area contributed by atoms with Crippen LogP contribution in [0.3, 0.4) is 0 Å². The van der Waals surface area contributed by atoms with Gasteiger partial charge < -0.3 is 14.0 Å². The molecule has 10 heteroatoms. The van der Waals surface area contributed by atoms with E-state index in [1.807, 2.05) is 30.6 Å². The van der Waals surface area contributed by atoms with Crippen LogP contribution in [0.5, 0.6) is 0 Å². The third kappa shape index (κ3) is 3.46. The first-order valence-corrected chi connectivity index (χ1v) is 9.65. The van der Waals surface area contributed by atoms with Gasteiger partial charge in [-0.2, -0.15) is 0 Å². The molecule has 0 saturated heterocycles. The van der Waals surface area contributed by atoms with Crippen LogP contribution in [0, 0.1) is 13.8 Å². The molecule has 1 N–H and O–H groups in total. The topological polar surface area (TPSA) is 106 Å². The average molecular weight is 368 g/mol. The molecule has 138 valence electrons. The molecule has 3 rings (SSSR count). The molecule has 1 fully saturated rings. The Morgan fingerprint density at radius 3 is 2.52 bits per heavy atom. The van der Waals surface area contributed by atoms with Crippen molar-refractivity contribution >= 4 is 10.0 Å². The van der Waals surface area contributed by atoms with Crippen molar-refractivity contribution in [3.05, 3.63) is 23.1 Å². The van der Waals surface area contributed by atoms with Crippen LogP contribution in [0.15, 0.2) is 9.42 Å². The third-order valence-corrected chi connectivity index (χ3v) is 6.28. The highest BCUT2D eigenvalue weighted by molar-refractivity contribution is 7.89. The van der Waals surface area contributed by atoms with Gasteiger partial charge in [0.25, 0.3) is 0 Å². The average Bonchev–Trinajstić information content (AvgIpc) is 2.98. The van der Waals surface area contributed by atoms with Gasteiger partial charge in [0, 0.05) is 19.0 Å². The lowest BCUT2D eigenvalue weighted by molar-refractivity contribution is 0.307. The number of sulfonamides is 1.